The summed E-state index contributed by atoms with van der Waals surface area (Å²) in [6.07, 6.45) is 5.35. The predicted molar refractivity (Wildman–Crippen MR) is 89.1 cm³/mol. The average molecular weight is 293 g/mol. The lowest BCUT2D eigenvalue weighted by molar-refractivity contribution is -0.0277. The Balaban J connectivity index is 0.00000220. The van der Waals surface area contributed by atoms with Gasteiger partial charge in [0.1, 0.15) is 5.75 Å². The summed E-state index contributed by atoms with van der Waals surface area (Å²) in [5.74, 6) is 1.04. The van der Waals surface area contributed by atoms with E-state index in [0.29, 0.717) is 0 Å². The molecule has 2 rings (SSSR count). The van der Waals surface area contributed by atoms with Crippen molar-refractivity contribution in [3.8, 4) is 5.75 Å². The molecule has 120 valence electrons. The first-order chi connectivity index (χ1) is 9.55. The first kappa shape index (κ1) is 18.0. The van der Waals surface area contributed by atoms with Crippen LogP contribution in [-0.4, -0.2) is 43.4 Å². The highest BCUT2D eigenvalue weighted by molar-refractivity contribution is 5.31. The van der Waals surface area contributed by atoms with E-state index >= 15 is 0 Å². The third-order valence-electron chi connectivity index (χ3n) is 4.43. The van der Waals surface area contributed by atoms with Crippen LogP contribution in [0.25, 0.3) is 0 Å². The maximum absolute atomic E-state index is 11.1. The minimum atomic E-state index is -0.558. The van der Waals surface area contributed by atoms with Crippen LogP contribution in [0.2, 0.25) is 0 Å². The predicted octanol–water partition coefficient (Wildman–Crippen LogP) is 3.67. The highest BCUT2D eigenvalue weighted by Gasteiger charge is 2.38. The average Bonchev–Trinajstić information content (AvgIpc) is 2.45. The molecule has 1 aliphatic rings. The van der Waals surface area contributed by atoms with E-state index in [9.17, 15) is 5.11 Å². The number of ether oxygens (including phenoxy) is 1. The van der Waals surface area contributed by atoms with Gasteiger partial charge in [0.2, 0.25) is 0 Å². The Morgan fingerprint density at radius 1 is 1.14 bits per heavy atom. The SMILES string of the molecule is C.COc1ccc([C@@H](CN(C)C)C2(O)CCCCC2)cc1. The third kappa shape index (κ3) is 4.45. The van der Waals surface area contributed by atoms with Crippen LogP contribution in [0.15, 0.2) is 24.3 Å². The number of rotatable bonds is 5. The van der Waals surface area contributed by atoms with Crippen molar-refractivity contribution in [2.24, 2.45) is 0 Å². The standard InChI is InChI=1S/C17H27NO2.CH4/c1-18(2)13-16(17(19)11-5-4-6-12-17)14-7-9-15(20-3)10-8-14;/h7-10,16,19H,4-6,11-13H2,1-3H3;1H4/t16-;/m1./s1. The Morgan fingerprint density at radius 2 is 1.71 bits per heavy atom. The van der Waals surface area contributed by atoms with Gasteiger partial charge in [0.15, 0.2) is 0 Å². The molecule has 0 heterocycles. The fourth-order valence-corrected chi connectivity index (χ4v) is 3.30. The molecule has 21 heavy (non-hydrogen) atoms. The molecule has 0 aromatic heterocycles. The first-order valence-corrected chi connectivity index (χ1v) is 7.56. The van der Waals surface area contributed by atoms with E-state index in [0.717, 1.165) is 38.0 Å². The van der Waals surface area contributed by atoms with Gasteiger partial charge in [-0.05, 0) is 44.6 Å². The van der Waals surface area contributed by atoms with Crippen molar-refractivity contribution in [2.45, 2.75) is 51.0 Å². The van der Waals surface area contributed by atoms with Crippen LogP contribution >= 0.6 is 0 Å². The molecular weight excluding hydrogens is 262 g/mol. The smallest absolute Gasteiger partial charge is 0.118 e. The van der Waals surface area contributed by atoms with E-state index in [4.69, 9.17) is 4.74 Å². The molecule has 1 N–H and O–H groups in total. The van der Waals surface area contributed by atoms with Crippen LogP contribution in [-0.2, 0) is 0 Å². The van der Waals surface area contributed by atoms with Crippen LogP contribution in [0.4, 0.5) is 0 Å². The number of aliphatic hydroxyl groups is 1. The van der Waals surface area contributed by atoms with Crippen molar-refractivity contribution in [2.75, 3.05) is 27.7 Å². The molecule has 0 saturated heterocycles. The molecule has 1 aromatic rings. The maximum atomic E-state index is 11.1. The number of nitrogens with zero attached hydrogens (tertiary/aromatic N) is 1. The molecule has 1 saturated carbocycles. The summed E-state index contributed by atoms with van der Waals surface area (Å²) in [6, 6.07) is 8.17. The lowest BCUT2D eigenvalue weighted by Crippen LogP contribution is -2.42. The van der Waals surface area contributed by atoms with Gasteiger partial charge in [0.25, 0.3) is 0 Å². The van der Waals surface area contributed by atoms with Crippen LogP contribution in [0.1, 0.15) is 51.0 Å². The number of hydrogen-bond acceptors (Lipinski definition) is 3. The quantitative estimate of drug-likeness (QED) is 0.899. The summed E-state index contributed by atoms with van der Waals surface area (Å²) in [5.41, 5.74) is 0.654. The summed E-state index contributed by atoms with van der Waals surface area (Å²) in [7, 11) is 5.83. The monoisotopic (exact) mass is 293 g/mol. The summed E-state index contributed by atoms with van der Waals surface area (Å²) in [4.78, 5) is 2.17. The van der Waals surface area contributed by atoms with E-state index in [1.54, 1.807) is 7.11 Å². The minimum Gasteiger partial charge on any atom is -0.497 e. The van der Waals surface area contributed by atoms with E-state index < -0.39 is 5.60 Å². The molecule has 1 fully saturated rings. The Hall–Kier alpha value is -1.06. The van der Waals surface area contributed by atoms with Gasteiger partial charge < -0.3 is 14.7 Å². The van der Waals surface area contributed by atoms with Crippen molar-refractivity contribution in [3.05, 3.63) is 29.8 Å². The van der Waals surface area contributed by atoms with Gasteiger partial charge in [0, 0.05) is 12.5 Å². The normalized spacial score (nSPS) is 18.9. The molecule has 0 bridgehead atoms. The summed E-state index contributed by atoms with van der Waals surface area (Å²) in [6.45, 7) is 0.878. The van der Waals surface area contributed by atoms with Gasteiger partial charge in [-0.1, -0.05) is 38.8 Å². The van der Waals surface area contributed by atoms with Crippen LogP contribution in [0, 0.1) is 0 Å². The van der Waals surface area contributed by atoms with Crippen LogP contribution in [0.3, 0.4) is 0 Å². The Kier molecular flexibility index (Phi) is 6.69. The molecule has 0 radical (unpaired) electrons. The zero-order valence-corrected chi connectivity index (χ0v) is 12.9. The van der Waals surface area contributed by atoms with Gasteiger partial charge in [-0.2, -0.15) is 0 Å². The zero-order chi connectivity index (χ0) is 14.6. The number of likely N-dealkylation sites (N-methyl/N-ethyl adjacent to an activating group) is 1. The second kappa shape index (κ2) is 7.81. The Bertz CT molecular complexity index is 408. The highest BCUT2D eigenvalue weighted by atomic mass is 16.5. The molecule has 0 amide bonds. The summed E-state index contributed by atoms with van der Waals surface area (Å²) >= 11 is 0. The van der Waals surface area contributed by atoms with E-state index in [-0.39, 0.29) is 13.3 Å². The molecular formula is C18H31NO2. The van der Waals surface area contributed by atoms with Gasteiger partial charge in [-0.3, -0.25) is 0 Å². The molecule has 3 nitrogen and oxygen atoms in total. The molecule has 1 atom stereocenters. The number of hydrogen-bond donors (Lipinski definition) is 1. The molecule has 3 heteroatoms. The largest absolute Gasteiger partial charge is 0.497 e. The highest BCUT2D eigenvalue weighted by Crippen LogP contribution is 2.40. The van der Waals surface area contributed by atoms with E-state index in [1.165, 1.54) is 12.0 Å². The molecule has 0 unspecified atom stereocenters. The van der Waals surface area contributed by atoms with Crippen molar-refractivity contribution in [1.29, 1.82) is 0 Å². The Labute approximate surface area is 129 Å². The summed E-state index contributed by atoms with van der Waals surface area (Å²) in [5, 5.41) is 11.1. The van der Waals surface area contributed by atoms with Crippen LogP contribution in [0.5, 0.6) is 5.75 Å². The van der Waals surface area contributed by atoms with Gasteiger partial charge >= 0.3 is 0 Å². The maximum Gasteiger partial charge on any atom is 0.118 e. The number of methoxy groups -OCH3 is 1. The second-order valence-electron chi connectivity index (χ2n) is 6.25. The molecule has 0 aliphatic heterocycles. The summed E-state index contributed by atoms with van der Waals surface area (Å²) < 4.78 is 5.23. The van der Waals surface area contributed by atoms with E-state index in [2.05, 4.69) is 31.1 Å². The lowest BCUT2D eigenvalue weighted by atomic mass is 9.72. The first-order valence-electron chi connectivity index (χ1n) is 7.56. The minimum absolute atomic E-state index is 0. The van der Waals surface area contributed by atoms with Crippen molar-refractivity contribution in [3.63, 3.8) is 0 Å². The zero-order valence-electron chi connectivity index (χ0n) is 12.9. The van der Waals surface area contributed by atoms with Gasteiger partial charge in [0.05, 0.1) is 12.7 Å². The van der Waals surface area contributed by atoms with Crippen molar-refractivity contribution < 1.29 is 9.84 Å². The topological polar surface area (TPSA) is 32.7 Å². The van der Waals surface area contributed by atoms with E-state index in [1.807, 2.05) is 12.1 Å². The lowest BCUT2D eigenvalue weighted by Gasteiger charge is -2.40. The molecule has 0 spiro atoms. The molecule has 1 aliphatic carbocycles. The molecule has 1 aromatic carbocycles. The third-order valence-corrected chi connectivity index (χ3v) is 4.43. The fourth-order valence-electron chi connectivity index (χ4n) is 3.30. The van der Waals surface area contributed by atoms with Crippen molar-refractivity contribution >= 4 is 0 Å². The van der Waals surface area contributed by atoms with Crippen LogP contribution < -0.4 is 4.74 Å². The van der Waals surface area contributed by atoms with Crippen molar-refractivity contribution in [1.82, 2.24) is 4.90 Å². The van der Waals surface area contributed by atoms with Gasteiger partial charge in [-0.15, -0.1) is 0 Å². The number of benzene rings is 1. The second-order valence-corrected chi connectivity index (χ2v) is 6.25. The fraction of sp³-hybridized carbons (Fsp3) is 0.667. The Morgan fingerprint density at radius 3 is 2.19 bits per heavy atom. The van der Waals surface area contributed by atoms with Gasteiger partial charge in [-0.25, -0.2) is 0 Å².